The van der Waals surface area contributed by atoms with Gasteiger partial charge < -0.3 is 28.6 Å². The van der Waals surface area contributed by atoms with E-state index in [9.17, 15) is 4.39 Å². The first-order valence-corrected chi connectivity index (χ1v) is 53.4. The molecule has 0 amide bonds. The van der Waals surface area contributed by atoms with Gasteiger partial charge >= 0.3 is 0 Å². The third-order valence-corrected chi connectivity index (χ3v) is 26.6. The van der Waals surface area contributed by atoms with Crippen LogP contribution < -0.4 is 4.74 Å². The van der Waals surface area contributed by atoms with E-state index in [1.165, 1.54) is 138 Å². The fourth-order valence-corrected chi connectivity index (χ4v) is 13.6. The van der Waals surface area contributed by atoms with Crippen LogP contribution in [0, 0.1) is 82.2 Å². The van der Waals surface area contributed by atoms with Gasteiger partial charge in [0, 0.05) is 67.1 Å². The Labute approximate surface area is 930 Å². The maximum atomic E-state index is 12.9. The summed E-state index contributed by atoms with van der Waals surface area (Å²) in [5, 5.41) is 0.825. The Balaban J connectivity index is -0.000000107. The SMILES string of the molecule is C.C.C.C.C.C.C.C.C.C.C.C.C.CC(C)C(C)(C)C.CC(C)C1CC1.CC(C)Cc1ccccc1.CC(C)N1CC2CCCC2C1.CC(C)N1CCC2(CC1)CC2.CC(C)OCC1CC1.CC(C)OCc1ccccc1.CC(C)Oc1ccccc1.CC(C)c1cccc(Cl)c1.CC(C)c1ccccc1.CC(C)c1ccccn1.CC(C)n1cccc1.CCC(C)(C)C(C)C.CCC(C)C.Cc1ccc(C(C)C)cc1F. The molecular weight excluding hydrogens is 1820 g/mol. The van der Waals surface area contributed by atoms with Crippen molar-refractivity contribution in [3.63, 3.8) is 0 Å². The Morgan fingerprint density at radius 3 is 1.10 bits per heavy atom. The van der Waals surface area contributed by atoms with Gasteiger partial charge in [-0.25, -0.2) is 4.39 Å². The lowest BCUT2D eigenvalue weighted by Crippen LogP contribution is -2.38. The fourth-order valence-electron chi connectivity index (χ4n) is 13.4. The highest BCUT2D eigenvalue weighted by Crippen LogP contribution is 2.54. The smallest absolute Gasteiger partial charge is 0.126 e. The van der Waals surface area contributed by atoms with Gasteiger partial charge in [0.2, 0.25) is 0 Å². The second-order valence-electron chi connectivity index (χ2n) is 44.8. The molecule has 0 bridgehead atoms. The number of likely N-dealkylation sites (tertiary alicyclic amines) is 2. The monoisotopic (exact) mass is 2080 g/mol. The summed E-state index contributed by atoms with van der Waals surface area (Å²) >= 11 is 5.79. The summed E-state index contributed by atoms with van der Waals surface area (Å²) in [4.78, 5) is 9.44. The molecule has 2 aromatic heterocycles. The van der Waals surface area contributed by atoms with E-state index in [-0.39, 0.29) is 108 Å². The van der Waals surface area contributed by atoms with Gasteiger partial charge in [0.1, 0.15) is 11.6 Å². The van der Waals surface area contributed by atoms with Crippen molar-refractivity contribution in [3.8, 4) is 5.75 Å². The van der Waals surface area contributed by atoms with E-state index in [0.29, 0.717) is 52.8 Å². The van der Waals surface area contributed by atoms with E-state index >= 15 is 0 Å². The third-order valence-electron chi connectivity index (χ3n) is 26.4. The zero-order chi connectivity index (χ0) is 102. The summed E-state index contributed by atoms with van der Waals surface area (Å²) in [7, 11) is 0. The number of hydrogen-bond donors (Lipinski definition) is 0. The molecule has 14 rings (SSSR count). The zero-order valence-electron chi connectivity index (χ0n) is 93.6. The van der Waals surface area contributed by atoms with Gasteiger partial charge in [0.15, 0.2) is 0 Å². The zero-order valence-corrected chi connectivity index (χ0v) is 94.3. The van der Waals surface area contributed by atoms with Gasteiger partial charge in [0.05, 0.1) is 24.9 Å². The fraction of sp³-hybridized carbons (Fsp3) is 0.674. The van der Waals surface area contributed by atoms with E-state index in [2.05, 4.69) is 333 Å². The van der Waals surface area contributed by atoms with Gasteiger partial charge in [-0.05, 0) is 355 Å². The molecule has 6 fully saturated rings. The number of ether oxygens (including phenoxy) is 3. The van der Waals surface area contributed by atoms with Crippen LogP contribution in [-0.2, 0) is 22.5 Å². The lowest BCUT2D eigenvalue weighted by Gasteiger charge is -2.34. The van der Waals surface area contributed by atoms with Crippen LogP contribution in [0.1, 0.15) is 505 Å². The van der Waals surface area contributed by atoms with Crippen LogP contribution in [-0.4, -0.2) is 82.5 Å². The van der Waals surface area contributed by atoms with Crippen molar-refractivity contribution >= 4 is 11.6 Å². The molecule has 7 nitrogen and oxygen atoms in total. The van der Waals surface area contributed by atoms with Gasteiger partial charge in [0.25, 0.3) is 0 Å². The summed E-state index contributed by atoms with van der Waals surface area (Å²) in [5.74, 6) is 11.4. The topological polar surface area (TPSA) is 52.0 Å². The predicted molar refractivity (Wildman–Crippen MR) is 680 cm³/mol. The molecule has 864 valence electrons. The van der Waals surface area contributed by atoms with E-state index in [0.717, 1.165) is 112 Å². The van der Waals surface area contributed by atoms with E-state index in [1.54, 1.807) is 13.0 Å². The Hall–Kier alpha value is -6.39. The Morgan fingerprint density at radius 2 is 0.816 bits per heavy atom. The quantitative estimate of drug-likeness (QED) is 0.0715. The van der Waals surface area contributed by atoms with Crippen LogP contribution in [0.5, 0.6) is 5.75 Å². The van der Waals surface area contributed by atoms with Crippen LogP contribution in [0.3, 0.4) is 0 Å². The number of aromatic nitrogens is 2. The number of aryl methyl sites for hydroxylation is 1. The van der Waals surface area contributed by atoms with E-state index < -0.39 is 0 Å². The minimum absolute atomic E-state index is 0. The molecule has 2 unspecified atom stereocenters. The first-order chi connectivity index (χ1) is 62.9. The molecule has 0 radical (unpaired) electrons. The molecule has 6 aliphatic rings. The molecular formula is C138H260ClFN4O3. The average molecular weight is 2080 g/mol. The normalized spacial score (nSPS) is 14.2. The molecule has 9 heteroatoms. The number of nitrogens with zero attached hydrogens (tertiary/aromatic N) is 4. The molecule has 0 N–H and O–H groups in total. The van der Waals surface area contributed by atoms with Crippen molar-refractivity contribution in [2.45, 2.75) is 516 Å². The number of fused-ring (bicyclic) bond motifs is 1. The Kier molecular flexibility index (Phi) is 112. The van der Waals surface area contributed by atoms with E-state index in [4.69, 9.17) is 25.8 Å². The molecule has 4 heterocycles. The van der Waals surface area contributed by atoms with Crippen LogP contribution in [0.25, 0.3) is 0 Å². The largest absolute Gasteiger partial charge is 0.491 e. The summed E-state index contributed by atoms with van der Waals surface area (Å²) in [6.07, 6.45) is 27.1. The van der Waals surface area contributed by atoms with Crippen molar-refractivity contribution in [1.29, 1.82) is 0 Å². The standard InChI is InChI=1S/C10H13F.2C10H19N.C10H14O.C10H14.C9H11Cl.C9H12O.C9H12.C8H11N.C8H18.C7H11N.C7H14O.C7H16.C6H12.C5H12.13CH4/c1-7(2)9-5-4-8(3)10(11)6-9;1-9(2)11-7-5-10(3-4-10)6-8-11;1-8(2)11-6-9-4-3-5-10(9)7-11;1-9(2)11-8-10-6-4-3-5-7-10;1-9(2)8-10-6-4-3-5-7-10;1-7(2)8-4-3-5-9(10)6-8;1-8(2)10-9-6-4-3-5-7-9;1-8(2)9-6-4-3-5-7-9;1-7(2)8-5-3-4-6-9-8;1-6-8(4,5)7(2)3;1-7(2)8-5-3-4-6-8;1-6(2)8-5-7-3-4-7;1-6(2)7(3,4)5;1-5(2)6-3-4-6;1-4-5(2)3;;;;;;;;;;;;;/h4-7H,1-3H3;9H,3-8H2,1-2H3;8-10H,3-7H2,1-2H3;3-7,9H,8H2,1-2H3;3-7,9H,8H2,1-2H3;3-7H,1-2H3;3-8H,1-2H3;3-8H,1-2H3;3-7H,1-2H3;7H,6H2,1-5H3;3-7H,1-2H3;6-7H,3-5H2,1-2H3;6H,1-5H3;5-6H,3-4H2,1-2H3;5H,4H2,1-3H3;13*1H4. The Bertz CT molecular complexity index is 3870. The number of rotatable bonds is 21. The van der Waals surface area contributed by atoms with Gasteiger partial charge in [-0.3, -0.25) is 4.98 Å². The lowest BCUT2D eigenvalue weighted by molar-refractivity contribution is 0.0657. The minimum atomic E-state index is -0.101. The number of benzene rings is 6. The number of halogens is 2. The second-order valence-corrected chi connectivity index (χ2v) is 45.3. The Morgan fingerprint density at radius 1 is 0.408 bits per heavy atom. The van der Waals surface area contributed by atoms with Crippen molar-refractivity contribution in [2.75, 3.05) is 32.8 Å². The third kappa shape index (κ3) is 89.8. The average Bonchev–Trinajstić information content (AvgIpc) is 1.63. The highest BCUT2D eigenvalue weighted by Gasteiger charge is 2.44. The van der Waals surface area contributed by atoms with Crippen molar-refractivity contribution in [1.82, 2.24) is 19.4 Å². The highest BCUT2D eigenvalue weighted by molar-refractivity contribution is 6.30. The molecule has 2 aliphatic heterocycles. The maximum Gasteiger partial charge on any atom is 0.126 e. The van der Waals surface area contributed by atoms with Crippen LogP contribution in [0.4, 0.5) is 4.39 Å². The molecule has 1 spiro atoms. The molecule has 6 aromatic carbocycles. The molecule has 4 aliphatic carbocycles. The molecule has 4 saturated carbocycles. The first-order valence-electron chi connectivity index (χ1n) is 53.0. The van der Waals surface area contributed by atoms with Crippen molar-refractivity contribution in [2.24, 2.45) is 69.5 Å². The van der Waals surface area contributed by atoms with Gasteiger partial charge in [-0.2, -0.15) is 0 Å². The number of piperidine rings is 1. The molecule has 2 atom stereocenters. The minimum Gasteiger partial charge on any atom is -0.491 e. The summed E-state index contributed by atoms with van der Waals surface area (Å²) in [6, 6.07) is 66.8. The molecule has 8 aromatic rings. The van der Waals surface area contributed by atoms with E-state index in [1.807, 2.05) is 149 Å². The van der Waals surface area contributed by atoms with Crippen molar-refractivity contribution in [3.05, 3.63) is 263 Å². The van der Waals surface area contributed by atoms with Gasteiger partial charge in [-0.1, -0.05) is 440 Å². The summed E-state index contributed by atoms with van der Waals surface area (Å²) in [5.41, 5.74) is 10.2. The molecule has 147 heavy (non-hydrogen) atoms. The number of para-hydroxylation sites is 1. The number of pyridine rings is 1. The maximum absolute atomic E-state index is 12.9. The van der Waals surface area contributed by atoms with Gasteiger partial charge in [-0.15, -0.1) is 0 Å². The lowest BCUT2D eigenvalue weighted by atomic mass is 9.79. The number of hydrogen-bond acceptors (Lipinski definition) is 6. The summed E-state index contributed by atoms with van der Waals surface area (Å²) < 4.78 is 31.3. The predicted octanol–water partition coefficient (Wildman–Crippen LogP) is 46.1. The van der Waals surface area contributed by atoms with Crippen LogP contribution in [0.2, 0.25) is 5.02 Å². The van der Waals surface area contributed by atoms with Crippen LogP contribution >= 0.6 is 11.6 Å². The van der Waals surface area contributed by atoms with Crippen LogP contribution in [0.15, 0.2) is 213 Å². The first kappa shape index (κ1) is 171. The highest BCUT2D eigenvalue weighted by atomic mass is 35.5. The second kappa shape index (κ2) is 96.6. The molecule has 2 saturated heterocycles. The summed E-state index contributed by atoms with van der Waals surface area (Å²) in [6.45, 7) is 90.5. The van der Waals surface area contributed by atoms with Crippen molar-refractivity contribution < 1.29 is 18.6 Å².